The van der Waals surface area contributed by atoms with Gasteiger partial charge in [-0.1, -0.05) is 6.07 Å². The molecule has 0 aliphatic heterocycles. The van der Waals surface area contributed by atoms with Gasteiger partial charge in [0.2, 0.25) is 5.88 Å². The summed E-state index contributed by atoms with van der Waals surface area (Å²) in [6.07, 6.45) is -3.26. The Bertz CT molecular complexity index is 1490. The zero-order valence-corrected chi connectivity index (χ0v) is 20.2. The number of hydrogen-bond donors (Lipinski definition) is 1. The SMILES string of the molecule is Cc1ccc2c(n1)CCC2NC(=O)COc1cc(C(F)(F)F)c2c(-c3cc(C)oc3C)nn(C)c2n1. The Morgan fingerprint density at radius 1 is 1.22 bits per heavy atom. The zero-order valence-electron chi connectivity index (χ0n) is 20.2. The van der Waals surface area contributed by atoms with E-state index in [2.05, 4.69) is 20.4 Å². The van der Waals surface area contributed by atoms with Crippen LogP contribution in [0.3, 0.4) is 0 Å². The molecule has 8 nitrogen and oxygen atoms in total. The number of aromatic nitrogens is 4. The second-order valence-corrected chi connectivity index (χ2v) is 8.94. The number of furan rings is 1. The van der Waals surface area contributed by atoms with Crippen molar-refractivity contribution in [3.63, 3.8) is 0 Å². The minimum atomic E-state index is -4.70. The van der Waals surface area contributed by atoms with Gasteiger partial charge in [0, 0.05) is 30.1 Å². The quantitative estimate of drug-likeness (QED) is 0.426. The third kappa shape index (κ3) is 4.29. The van der Waals surface area contributed by atoms with E-state index < -0.39 is 24.3 Å². The number of rotatable bonds is 5. The Morgan fingerprint density at radius 3 is 2.69 bits per heavy atom. The summed E-state index contributed by atoms with van der Waals surface area (Å²) < 4.78 is 54.5. The molecule has 1 atom stereocenters. The lowest BCUT2D eigenvalue weighted by atomic mass is 10.1. The summed E-state index contributed by atoms with van der Waals surface area (Å²) in [6, 6.07) is 6.05. The van der Waals surface area contributed by atoms with Crippen molar-refractivity contribution in [3.05, 3.63) is 58.3 Å². The Balaban J connectivity index is 1.41. The minimum Gasteiger partial charge on any atom is -0.467 e. The predicted octanol–water partition coefficient (Wildman–Crippen LogP) is 4.75. The van der Waals surface area contributed by atoms with E-state index >= 15 is 0 Å². The first-order chi connectivity index (χ1) is 17.0. The number of pyridine rings is 2. The smallest absolute Gasteiger partial charge is 0.417 e. The number of hydrogen-bond acceptors (Lipinski definition) is 6. The van der Waals surface area contributed by atoms with Crippen LogP contribution in [-0.4, -0.2) is 32.3 Å². The van der Waals surface area contributed by atoms with E-state index in [0.29, 0.717) is 23.5 Å². The molecule has 4 aromatic rings. The lowest BCUT2D eigenvalue weighted by molar-refractivity contribution is -0.136. The maximum atomic E-state index is 14.1. The molecule has 36 heavy (non-hydrogen) atoms. The fraction of sp³-hybridized carbons (Fsp3) is 0.360. The number of amides is 1. The van der Waals surface area contributed by atoms with Gasteiger partial charge in [-0.2, -0.15) is 23.3 Å². The number of ether oxygens (including phenoxy) is 1. The summed E-state index contributed by atoms with van der Waals surface area (Å²) in [6.45, 7) is 4.80. The maximum absolute atomic E-state index is 14.1. The summed E-state index contributed by atoms with van der Waals surface area (Å²) in [4.78, 5) is 21.3. The highest BCUT2D eigenvalue weighted by molar-refractivity contribution is 5.95. The molecule has 188 valence electrons. The number of nitrogens with zero attached hydrogens (tertiary/aromatic N) is 4. The van der Waals surface area contributed by atoms with Crippen molar-refractivity contribution in [3.8, 4) is 17.1 Å². The van der Waals surface area contributed by atoms with E-state index in [0.717, 1.165) is 29.4 Å². The molecule has 1 aliphatic rings. The van der Waals surface area contributed by atoms with Crippen LogP contribution in [0.25, 0.3) is 22.3 Å². The van der Waals surface area contributed by atoms with Crippen LogP contribution in [0.2, 0.25) is 0 Å². The molecule has 0 radical (unpaired) electrons. The number of aryl methyl sites for hydroxylation is 5. The van der Waals surface area contributed by atoms with Crippen molar-refractivity contribution >= 4 is 16.9 Å². The Morgan fingerprint density at radius 2 is 2.00 bits per heavy atom. The molecule has 0 bridgehead atoms. The van der Waals surface area contributed by atoms with Gasteiger partial charge < -0.3 is 14.5 Å². The van der Waals surface area contributed by atoms with Crippen LogP contribution in [-0.2, 0) is 24.4 Å². The molecule has 0 aromatic carbocycles. The minimum absolute atomic E-state index is 0.0142. The van der Waals surface area contributed by atoms with Crippen LogP contribution in [0.4, 0.5) is 13.2 Å². The molecule has 1 N–H and O–H groups in total. The first kappa shape index (κ1) is 23.8. The van der Waals surface area contributed by atoms with Gasteiger partial charge in [-0.05, 0) is 51.3 Å². The van der Waals surface area contributed by atoms with E-state index in [4.69, 9.17) is 9.15 Å². The lowest BCUT2D eigenvalue weighted by Gasteiger charge is -2.15. The Kier molecular flexibility index (Phi) is 5.73. The van der Waals surface area contributed by atoms with Crippen molar-refractivity contribution in [2.24, 2.45) is 7.05 Å². The van der Waals surface area contributed by atoms with E-state index in [1.54, 1.807) is 19.9 Å². The van der Waals surface area contributed by atoms with Gasteiger partial charge in [0.1, 0.15) is 17.2 Å². The van der Waals surface area contributed by atoms with Crippen LogP contribution < -0.4 is 10.1 Å². The summed E-state index contributed by atoms with van der Waals surface area (Å²) >= 11 is 0. The third-order valence-electron chi connectivity index (χ3n) is 6.25. The highest BCUT2D eigenvalue weighted by Gasteiger charge is 2.37. The average molecular weight is 499 g/mol. The van der Waals surface area contributed by atoms with E-state index in [1.165, 1.54) is 11.7 Å². The van der Waals surface area contributed by atoms with Crippen molar-refractivity contribution in [2.45, 2.75) is 45.8 Å². The molecule has 1 aliphatic carbocycles. The van der Waals surface area contributed by atoms with Crippen LogP contribution >= 0.6 is 0 Å². The molecule has 4 aromatic heterocycles. The van der Waals surface area contributed by atoms with Crippen molar-refractivity contribution < 1.29 is 27.1 Å². The Hall–Kier alpha value is -3.89. The van der Waals surface area contributed by atoms with Crippen LogP contribution in [0.5, 0.6) is 5.88 Å². The van der Waals surface area contributed by atoms with Gasteiger partial charge >= 0.3 is 6.18 Å². The van der Waals surface area contributed by atoms with Gasteiger partial charge in [-0.15, -0.1) is 0 Å². The summed E-state index contributed by atoms with van der Waals surface area (Å²) in [5.41, 5.74) is 2.41. The first-order valence-corrected chi connectivity index (χ1v) is 11.4. The largest absolute Gasteiger partial charge is 0.467 e. The van der Waals surface area contributed by atoms with E-state index in [-0.39, 0.29) is 28.6 Å². The molecule has 0 saturated carbocycles. The summed E-state index contributed by atoms with van der Waals surface area (Å²) in [5.74, 6) is 0.240. The van der Waals surface area contributed by atoms with Crippen molar-refractivity contribution in [1.82, 2.24) is 25.1 Å². The van der Waals surface area contributed by atoms with Crippen LogP contribution in [0, 0.1) is 20.8 Å². The average Bonchev–Trinajstić information content (AvgIpc) is 3.46. The van der Waals surface area contributed by atoms with Gasteiger partial charge in [0.15, 0.2) is 12.3 Å². The highest BCUT2D eigenvalue weighted by atomic mass is 19.4. The first-order valence-electron chi connectivity index (χ1n) is 11.4. The second-order valence-electron chi connectivity index (χ2n) is 8.94. The maximum Gasteiger partial charge on any atom is 0.417 e. The molecule has 0 fully saturated rings. The topological polar surface area (TPSA) is 95.1 Å². The molecule has 1 unspecified atom stereocenters. The molecule has 0 spiro atoms. The Labute approximate surface area is 204 Å². The van der Waals surface area contributed by atoms with Gasteiger partial charge in [0.25, 0.3) is 5.91 Å². The molecule has 11 heteroatoms. The fourth-order valence-electron chi connectivity index (χ4n) is 4.68. The lowest BCUT2D eigenvalue weighted by Crippen LogP contribution is -2.31. The second kappa shape index (κ2) is 8.65. The summed E-state index contributed by atoms with van der Waals surface area (Å²) in [5, 5.41) is 7.01. The van der Waals surface area contributed by atoms with E-state index in [1.807, 2.05) is 19.1 Å². The molecular weight excluding hydrogens is 475 g/mol. The highest BCUT2D eigenvalue weighted by Crippen LogP contribution is 2.41. The molecule has 5 rings (SSSR count). The van der Waals surface area contributed by atoms with Crippen LogP contribution in [0.15, 0.2) is 28.7 Å². The number of alkyl halides is 3. The number of carbonyl (C=O) groups is 1. The molecule has 4 heterocycles. The molecule has 0 saturated heterocycles. The van der Waals surface area contributed by atoms with Crippen LogP contribution in [0.1, 0.15) is 46.5 Å². The number of fused-ring (bicyclic) bond motifs is 2. The standard InChI is InChI=1S/C25H24F3N5O3/c1-12-5-6-15-18(29-12)7-8-19(15)30-20(34)11-35-21-10-17(25(26,27)28)22-23(32-33(4)24(22)31-21)16-9-13(2)36-14(16)3/h5-6,9-10,19H,7-8,11H2,1-4H3,(H,30,34). The fourth-order valence-corrected chi connectivity index (χ4v) is 4.68. The zero-order chi connectivity index (χ0) is 25.8. The third-order valence-corrected chi connectivity index (χ3v) is 6.25. The summed E-state index contributed by atoms with van der Waals surface area (Å²) in [7, 11) is 1.50. The van der Waals surface area contributed by atoms with Gasteiger partial charge in [-0.3, -0.25) is 9.78 Å². The number of halogens is 3. The van der Waals surface area contributed by atoms with Crippen molar-refractivity contribution in [2.75, 3.05) is 6.61 Å². The normalized spacial score (nSPS) is 15.4. The van der Waals surface area contributed by atoms with E-state index in [9.17, 15) is 18.0 Å². The van der Waals surface area contributed by atoms with Crippen molar-refractivity contribution in [1.29, 1.82) is 0 Å². The number of carbonyl (C=O) groups excluding carboxylic acids is 1. The monoisotopic (exact) mass is 499 g/mol. The number of nitrogens with one attached hydrogen (secondary N) is 1. The molecular formula is C25H24F3N5O3. The predicted molar refractivity (Wildman–Crippen MR) is 124 cm³/mol. The molecule has 1 amide bonds. The van der Waals surface area contributed by atoms with Gasteiger partial charge in [-0.25, -0.2) is 4.68 Å². The van der Waals surface area contributed by atoms with Gasteiger partial charge in [0.05, 0.1) is 17.0 Å².